The Bertz CT molecular complexity index is 332. The van der Waals surface area contributed by atoms with Crippen LogP contribution in [0, 0.1) is 0 Å². The van der Waals surface area contributed by atoms with Crippen LogP contribution in [-0.2, 0) is 0 Å². The Morgan fingerprint density at radius 3 is 2.93 bits per heavy atom. The minimum Gasteiger partial charge on any atom is -0.365 e. The fraction of sp³-hybridized carbons (Fsp3) is 0.545. The average Bonchev–Trinajstić information content (AvgIpc) is 2.24. The van der Waals surface area contributed by atoms with Crippen molar-refractivity contribution in [3.63, 3.8) is 0 Å². The van der Waals surface area contributed by atoms with Crippen LogP contribution in [0.5, 0.6) is 0 Å². The van der Waals surface area contributed by atoms with Gasteiger partial charge in [0.2, 0.25) is 0 Å². The van der Waals surface area contributed by atoms with Crippen molar-refractivity contribution in [2.75, 3.05) is 5.32 Å². The van der Waals surface area contributed by atoms with Crippen LogP contribution in [0.1, 0.15) is 25.7 Å². The number of rotatable bonds is 2. The van der Waals surface area contributed by atoms with Gasteiger partial charge < -0.3 is 5.32 Å². The van der Waals surface area contributed by atoms with Crippen molar-refractivity contribution < 1.29 is 0 Å². The molecule has 2 unspecified atom stereocenters. The molecule has 15 heavy (non-hydrogen) atoms. The van der Waals surface area contributed by atoms with Crippen molar-refractivity contribution in [2.24, 2.45) is 0 Å². The van der Waals surface area contributed by atoms with Gasteiger partial charge in [-0.15, -0.1) is 11.6 Å². The predicted octanol–water partition coefficient (Wildman–Crippen LogP) is 3.81. The Kier molecular flexibility index (Phi) is 3.87. The smallest absolute Gasteiger partial charge is 0.140 e. The van der Waals surface area contributed by atoms with E-state index in [0.717, 1.165) is 23.1 Å². The summed E-state index contributed by atoms with van der Waals surface area (Å²) in [4.78, 5) is 4.29. The van der Waals surface area contributed by atoms with Crippen molar-refractivity contribution in [1.29, 1.82) is 0 Å². The molecule has 1 aliphatic rings. The molecule has 1 aliphatic carbocycles. The second-order valence-corrected chi connectivity index (χ2v) is 5.30. The summed E-state index contributed by atoms with van der Waals surface area (Å²) in [5, 5.41) is 3.64. The number of pyridine rings is 1. The van der Waals surface area contributed by atoms with Crippen LogP contribution in [-0.4, -0.2) is 16.4 Å². The standard InChI is InChI=1S/C11H14BrClN2/c12-8-4-3-7-14-11(8)15-10-6-2-1-5-9(10)13/h3-4,7,9-10H,1-2,5-6H2,(H,14,15). The first-order valence-electron chi connectivity index (χ1n) is 5.28. The van der Waals surface area contributed by atoms with Crippen molar-refractivity contribution in [2.45, 2.75) is 37.1 Å². The summed E-state index contributed by atoms with van der Waals surface area (Å²) in [5.41, 5.74) is 0. The molecule has 2 nitrogen and oxygen atoms in total. The van der Waals surface area contributed by atoms with E-state index in [1.54, 1.807) is 6.20 Å². The molecule has 1 fully saturated rings. The maximum atomic E-state index is 6.28. The van der Waals surface area contributed by atoms with E-state index in [9.17, 15) is 0 Å². The van der Waals surface area contributed by atoms with E-state index in [4.69, 9.17) is 11.6 Å². The molecule has 1 aromatic rings. The van der Waals surface area contributed by atoms with Gasteiger partial charge in [0.15, 0.2) is 0 Å². The predicted molar refractivity (Wildman–Crippen MR) is 67.5 cm³/mol. The summed E-state index contributed by atoms with van der Waals surface area (Å²) in [6.07, 6.45) is 6.53. The molecule has 0 aromatic carbocycles. The van der Waals surface area contributed by atoms with Gasteiger partial charge in [-0.2, -0.15) is 0 Å². The van der Waals surface area contributed by atoms with Crippen LogP contribution in [0.4, 0.5) is 5.82 Å². The molecule has 0 spiro atoms. The molecule has 0 aliphatic heterocycles. The summed E-state index contributed by atoms with van der Waals surface area (Å²) < 4.78 is 0.999. The Hall–Kier alpha value is -0.280. The molecule has 1 aromatic heterocycles. The lowest BCUT2D eigenvalue weighted by Crippen LogP contribution is -2.33. The van der Waals surface area contributed by atoms with E-state index in [1.807, 2.05) is 12.1 Å². The first-order valence-corrected chi connectivity index (χ1v) is 6.51. The molecule has 1 heterocycles. The Balaban J connectivity index is 2.04. The Labute approximate surface area is 104 Å². The zero-order valence-electron chi connectivity index (χ0n) is 8.42. The topological polar surface area (TPSA) is 24.9 Å². The highest BCUT2D eigenvalue weighted by molar-refractivity contribution is 9.10. The summed E-state index contributed by atoms with van der Waals surface area (Å²) in [6, 6.07) is 4.25. The van der Waals surface area contributed by atoms with Gasteiger partial charge >= 0.3 is 0 Å². The first-order chi connectivity index (χ1) is 7.27. The van der Waals surface area contributed by atoms with Gasteiger partial charge in [-0.1, -0.05) is 12.8 Å². The molecular formula is C11H14BrClN2. The van der Waals surface area contributed by atoms with Crippen LogP contribution in [0.25, 0.3) is 0 Å². The van der Waals surface area contributed by atoms with E-state index in [0.29, 0.717) is 6.04 Å². The third-order valence-corrected chi connectivity index (χ3v) is 3.92. The maximum Gasteiger partial charge on any atom is 0.140 e. The zero-order valence-corrected chi connectivity index (χ0v) is 10.8. The largest absolute Gasteiger partial charge is 0.365 e. The number of nitrogens with zero attached hydrogens (tertiary/aromatic N) is 1. The molecule has 0 amide bonds. The number of nitrogens with one attached hydrogen (secondary N) is 1. The van der Waals surface area contributed by atoms with Crippen LogP contribution < -0.4 is 5.32 Å². The third kappa shape index (κ3) is 2.85. The van der Waals surface area contributed by atoms with Crippen LogP contribution in [0.2, 0.25) is 0 Å². The fourth-order valence-corrected chi connectivity index (χ4v) is 2.63. The Morgan fingerprint density at radius 2 is 2.20 bits per heavy atom. The molecule has 0 bridgehead atoms. The van der Waals surface area contributed by atoms with Gasteiger partial charge in [-0.05, 0) is 40.9 Å². The number of anilines is 1. The molecule has 2 rings (SSSR count). The summed E-state index contributed by atoms with van der Waals surface area (Å²) in [7, 11) is 0. The number of hydrogen-bond donors (Lipinski definition) is 1. The molecule has 1 N–H and O–H groups in total. The highest BCUT2D eigenvalue weighted by Gasteiger charge is 2.23. The van der Waals surface area contributed by atoms with Crippen LogP contribution in [0.3, 0.4) is 0 Å². The molecule has 82 valence electrons. The van der Waals surface area contributed by atoms with E-state index >= 15 is 0 Å². The highest BCUT2D eigenvalue weighted by atomic mass is 79.9. The second kappa shape index (κ2) is 5.17. The lowest BCUT2D eigenvalue weighted by molar-refractivity contribution is 0.468. The summed E-state index contributed by atoms with van der Waals surface area (Å²) >= 11 is 9.75. The lowest BCUT2D eigenvalue weighted by Gasteiger charge is -2.28. The van der Waals surface area contributed by atoms with E-state index < -0.39 is 0 Å². The fourth-order valence-electron chi connectivity index (χ4n) is 1.92. The maximum absolute atomic E-state index is 6.28. The van der Waals surface area contributed by atoms with Crippen LogP contribution >= 0.6 is 27.5 Å². The zero-order chi connectivity index (χ0) is 10.7. The van der Waals surface area contributed by atoms with Crippen LogP contribution in [0.15, 0.2) is 22.8 Å². The SMILES string of the molecule is ClC1CCCCC1Nc1ncccc1Br. The third-order valence-electron chi connectivity index (χ3n) is 2.76. The summed E-state index contributed by atoms with van der Waals surface area (Å²) in [5.74, 6) is 0.898. The molecule has 4 heteroatoms. The number of hydrogen-bond acceptors (Lipinski definition) is 2. The van der Waals surface area contributed by atoms with Crippen molar-refractivity contribution >= 4 is 33.3 Å². The van der Waals surface area contributed by atoms with Crippen molar-refractivity contribution in [1.82, 2.24) is 4.98 Å². The minimum absolute atomic E-state index is 0.229. The average molecular weight is 290 g/mol. The van der Waals surface area contributed by atoms with Gasteiger partial charge in [-0.3, -0.25) is 0 Å². The second-order valence-electron chi connectivity index (χ2n) is 3.89. The van der Waals surface area contributed by atoms with Crippen molar-refractivity contribution in [3.05, 3.63) is 22.8 Å². The Morgan fingerprint density at radius 1 is 1.40 bits per heavy atom. The molecule has 0 saturated heterocycles. The first kappa shape index (κ1) is 11.2. The summed E-state index contributed by atoms with van der Waals surface area (Å²) in [6.45, 7) is 0. The number of alkyl halides is 1. The minimum atomic E-state index is 0.229. The van der Waals surface area contributed by atoms with E-state index in [-0.39, 0.29) is 5.38 Å². The van der Waals surface area contributed by atoms with Gasteiger partial charge in [0.1, 0.15) is 5.82 Å². The molecule has 0 radical (unpaired) electrons. The highest BCUT2D eigenvalue weighted by Crippen LogP contribution is 2.27. The number of aromatic nitrogens is 1. The quantitative estimate of drug-likeness (QED) is 0.838. The molecular weight excluding hydrogens is 275 g/mol. The van der Waals surface area contributed by atoms with Crippen molar-refractivity contribution in [3.8, 4) is 0 Å². The number of halogens is 2. The van der Waals surface area contributed by atoms with Gasteiger partial charge in [-0.25, -0.2) is 4.98 Å². The van der Waals surface area contributed by atoms with Gasteiger partial charge in [0.05, 0.1) is 9.85 Å². The monoisotopic (exact) mass is 288 g/mol. The lowest BCUT2D eigenvalue weighted by atomic mass is 9.95. The molecule has 1 saturated carbocycles. The normalized spacial score (nSPS) is 26.3. The van der Waals surface area contributed by atoms with Gasteiger partial charge in [0, 0.05) is 12.2 Å². The van der Waals surface area contributed by atoms with E-state index in [1.165, 1.54) is 12.8 Å². The van der Waals surface area contributed by atoms with Gasteiger partial charge in [0.25, 0.3) is 0 Å². The van der Waals surface area contributed by atoms with E-state index in [2.05, 4.69) is 26.2 Å². The molecule has 2 atom stereocenters.